The molecule has 2 heterocycles. The molecule has 86 valence electrons. The zero-order valence-electron chi connectivity index (χ0n) is 9.42. The summed E-state index contributed by atoms with van der Waals surface area (Å²) in [4.78, 5) is 6.47. The molecule has 0 atom stereocenters. The van der Waals surface area contributed by atoms with E-state index < -0.39 is 0 Å². The number of aromatic nitrogens is 2. The molecule has 0 saturated carbocycles. The summed E-state index contributed by atoms with van der Waals surface area (Å²) in [5.74, 6) is 0. The van der Waals surface area contributed by atoms with Gasteiger partial charge < -0.3 is 5.11 Å². The first-order valence-corrected chi connectivity index (χ1v) is 6.25. The lowest BCUT2D eigenvalue weighted by Gasteiger charge is -2.03. The molecule has 0 aliphatic carbocycles. The third kappa shape index (κ3) is 1.57. The Morgan fingerprint density at radius 2 is 2.06 bits per heavy atom. The monoisotopic (exact) mass is 244 g/mol. The van der Waals surface area contributed by atoms with Gasteiger partial charge in [-0.15, -0.1) is 11.3 Å². The second-order valence-electron chi connectivity index (χ2n) is 3.90. The lowest BCUT2D eigenvalue weighted by Crippen LogP contribution is -1.93. The van der Waals surface area contributed by atoms with Crippen LogP contribution in [-0.2, 0) is 6.61 Å². The van der Waals surface area contributed by atoms with Crippen LogP contribution in [0, 0.1) is 6.92 Å². The van der Waals surface area contributed by atoms with Gasteiger partial charge in [0.25, 0.3) is 0 Å². The summed E-state index contributed by atoms with van der Waals surface area (Å²) in [6.45, 7) is 2.10. The smallest absolute Gasteiger partial charge is 0.194 e. The van der Waals surface area contributed by atoms with Crippen molar-refractivity contribution in [2.75, 3.05) is 0 Å². The van der Waals surface area contributed by atoms with E-state index in [-0.39, 0.29) is 6.61 Å². The molecule has 1 N–H and O–H groups in total. The number of rotatable bonds is 2. The van der Waals surface area contributed by atoms with Crippen LogP contribution in [0.5, 0.6) is 0 Å². The van der Waals surface area contributed by atoms with Gasteiger partial charge in [0.1, 0.15) is 0 Å². The van der Waals surface area contributed by atoms with E-state index in [4.69, 9.17) is 0 Å². The predicted octanol–water partition coefficient (Wildman–Crippen LogP) is 2.86. The van der Waals surface area contributed by atoms with E-state index in [2.05, 4.69) is 24.0 Å². The molecular formula is C13H12N2OS. The number of aryl methyl sites for hydroxylation is 1. The molecular weight excluding hydrogens is 232 g/mol. The number of aliphatic hydroxyl groups excluding tert-OH is 1. The van der Waals surface area contributed by atoms with Crippen LogP contribution in [0.3, 0.4) is 0 Å². The van der Waals surface area contributed by atoms with Crippen LogP contribution in [-0.4, -0.2) is 14.5 Å². The van der Waals surface area contributed by atoms with Crippen LogP contribution in [0.25, 0.3) is 16.2 Å². The van der Waals surface area contributed by atoms with Crippen molar-refractivity contribution in [3.63, 3.8) is 0 Å². The normalized spacial score (nSPS) is 11.2. The lowest BCUT2D eigenvalue weighted by molar-refractivity contribution is 0.276. The summed E-state index contributed by atoms with van der Waals surface area (Å²) >= 11 is 1.65. The molecule has 0 spiro atoms. The Bertz CT molecular complexity index is 655. The number of nitrogens with zero attached hydrogens (tertiary/aromatic N) is 2. The van der Waals surface area contributed by atoms with Crippen molar-refractivity contribution >= 4 is 16.3 Å². The number of fused-ring (bicyclic) bond motifs is 1. The van der Waals surface area contributed by atoms with Crippen LogP contribution >= 0.6 is 11.3 Å². The molecule has 3 aromatic rings. The molecule has 0 unspecified atom stereocenters. The molecule has 3 rings (SSSR count). The fourth-order valence-electron chi connectivity index (χ4n) is 2.06. The first-order chi connectivity index (χ1) is 8.31. The minimum absolute atomic E-state index is 0.0111. The molecule has 0 saturated heterocycles. The number of hydrogen-bond donors (Lipinski definition) is 1. The molecule has 4 heteroatoms. The first kappa shape index (κ1) is 10.5. The molecule has 17 heavy (non-hydrogen) atoms. The summed E-state index contributed by atoms with van der Waals surface area (Å²) in [5.41, 5.74) is 3.12. The Balaban J connectivity index is 2.34. The number of aliphatic hydroxyl groups is 1. The summed E-state index contributed by atoms with van der Waals surface area (Å²) in [7, 11) is 0. The fourth-order valence-corrected chi connectivity index (χ4v) is 3.05. The second-order valence-corrected chi connectivity index (χ2v) is 5.08. The average Bonchev–Trinajstić information content (AvgIpc) is 2.87. The van der Waals surface area contributed by atoms with E-state index in [0.29, 0.717) is 0 Å². The van der Waals surface area contributed by atoms with Gasteiger partial charge >= 0.3 is 0 Å². The highest BCUT2D eigenvalue weighted by Gasteiger charge is 2.14. The Labute approximate surface area is 103 Å². The minimum Gasteiger partial charge on any atom is -0.390 e. The van der Waals surface area contributed by atoms with Gasteiger partial charge in [-0.1, -0.05) is 30.3 Å². The maximum atomic E-state index is 9.35. The summed E-state index contributed by atoms with van der Waals surface area (Å²) < 4.78 is 2.04. The van der Waals surface area contributed by atoms with Gasteiger partial charge in [0.15, 0.2) is 4.96 Å². The van der Waals surface area contributed by atoms with Crippen molar-refractivity contribution < 1.29 is 5.11 Å². The molecule has 2 aromatic heterocycles. The van der Waals surface area contributed by atoms with Crippen LogP contribution in [0.1, 0.15) is 10.6 Å². The molecule has 1 aromatic carbocycles. The predicted molar refractivity (Wildman–Crippen MR) is 69.2 cm³/mol. The van der Waals surface area contributed by atoms with Crippen molar-refractivity contribution in [2.45, 2.75) is 13.5 Å². The van der Waals surface area contributed by atoms with E-state index in [1.165, 1.54) is 4.88 Å². The average molecular weight is 244 g/mol. The fraction of sp³-hybridized carbons (Fsp3) is 0.154. The van der Waals surface area contributed by atoms with Crippen LogP contribution in [0.15, 0.2) is 36.5 Å². The van der Waals surface area contributed by atoms with E-state index in [1.807, 2.05) is 22.6 Å². The van der Waals surface area contributed by atoms with Crippen molar-refractivity contribution in [2.24, 2.45) is 0 Å². The number of imidazole rings is 1. The van der Waals surface area contributed by atoms with E-state index >= 15 is 0 Å². The van der Waals surface area contributed by atoms with Gasteiger partial charge in [-0.25, -0.2) is 4.98 Å². The molecule has 3 nitrogen and oxygen atoms in total. The van der Waals surface area contributed by atoms with Gasteiger partial charge in [-0.3, -0.25) is 4.40 Å². The number of thiazole rings is 1. The molecule has 0 bridgehead atoms. The van der Waals surface area contributed by atoms with Gasteiger partial charge in [0.2, 0.25) is 0 Å². The Kier molecular flexibility index (Phi) is 2.46. The SMILES string of the molecule is Cc1sc2ncc(CO)n2c1-c1ccccc1. The minimum atomic E-state index is 0.0111. The number of benzene rings is 1. The van der Waals surface area contributed by atoms with Gasteiger partial charge in [0.05, 0.1) is 24.2 Å². The topological polar surface area (TPSA) is 37.5 Å². The second kappa shape index (κ2) is 3.98. The Morgan fingerprint density at radius 3 is 2.76 bits per heavy atom. The van der Waals surface area contributed by atoms with E-state index in [0.717, 1.165) is 21.9 Å². The summed E-state index contributed by atoms with van der Waals surface area (Å²) in [6, 6.07) is 10.2. The zero-order valence-corrected chi connectivity index (χ0v) is 10.2. The quantitative estimate of drug-likeness (QED) is 0.752. The van der Waals surface area contributed by atoms with Crippen molar-refractivity contribution in [3.05, 3.63) is 47.1 Å². The third-order valence-electron chi connectivity index (χ3n) is 2.81. The Morgan fingerprint density at radius 1 is 1.29 bits per heavy atom. The van der Waals surface area contributed by atoms with Crippen LogP contribution < -0.4 is 0 Å². The zero-order chi connectivity index (χ0) is 11.8. The van der Waals surface area contributed by atoms with Crippen LogP contribution in [0.4, 0.5) is 0 Å². The van der Waals surface area contributed by atoms with E-state index in [9.17, 15) is 5.11 Å². The number of hydrogen-bond acceptors (Lipinski definition) is 3. The van der Waals surface area contributed by atoms with Crippen molar-refractivity contribution in [1.82, 2.24) is 9.38 Å². The highest BCUT2D eigenvalue weighted by molar-refractivity contribution is 7.17. The molecule has 0 amide bonds. The largest absolute Gasteiger partial charge is 0.390 e. The van der Waals surface area contributed by atoms with Crippen molar-refractivity contribution in [3.8, 4) is 11.3 Å². The molecule has 0 aliphatic heterocycles. The van der Waals surface area contributed by atoms with E-state index in [1.54, 1.807) is 17.5 Å². The van der Waals surface area contributed by atoms with Crippen LogP contribution in [0.2, 0.25) is 0 Å². The first-order valence-electron chi connectivity index (χ1n) is 5.43. The highest BCUT2D eigenvalue weighted by Crippen LogP contribution is 2.31. The highest BCUT2D eigenvalue weighted by atomic mass is 32.1. The lowest BCUT2D eigenvalue weighted by atomic mass is 10.1. The standard InChI is InChI=1S/C13H12N2OS/c1-9-12(10-5-3-2-4-6-10)15-11(8-16)7-14-13(15)17-9/h2-7,16H,8H2,1H3. The molecule has 0 aliphatic rings. The molecule has 0 fully saturated rings. The third-order valence-corrected chi connectivity index (χ3v) is 3.78. The summed E-state index contributed by atoms with van der Waals surface area (Å²) in [6.07, 6.45) is 1.73. The van der Waals surface area contributed by atoms with Gasteiger partial charge in [0, 0.05) is 4.88 Å². The summed E-state index contributed by atoms with van der Waals surface area (Å²) in [5, 5.41) is 9.35. The van der Waals surface area contributed by atoms with Gasteiger partial charge in [-0.2, -0.15) is 0 Å². The van der Waals surface area contributed by atoms with Crippen molar-refractivity contribution in [1.29, 1.82) is 0 Å². The van der Waals surface area contributed by atoms with Gasteiger partial charge in [-0.05, 0) is 12.5 Å². The maximum absolute atomic E-state index is 9.35. The maximum Gasteiger partial charge on any atom is 0.194 e. The molecule has 0 radical (unpaired) electrons. The Hall–Kier alpha value is -1.65.